The van der Waals surface area contributed by atoms with Gasteiger partial charge in [-0.2, -0.15) is 0 Å². The van der Waals surface area contributed by atoms with Crippen molar-refractivity contribution in [2.75, 3.05) is 59.6 Å². The highest BCUT2D eigenvalue weighted by Gasteiger charge is 2.19. The van der Waals surface area contributed by atoms with Crippen molar-refractivity contribution in [2.24, 2.45) is 0 Å². The molecular weight excluding hydrogens is 352 g/mol. The topological polar surface area (TPSA) is 45.2 Å². The Labute approximate surface area is 167 Å². The zero-order chi connectivity index (χ0) is 19.3. The summed E-state index contributed by atoms with van der Waals surface area (Å²) < 4.78 is 11.5. The van der Waals surface area contributed by atoms with Crippen LogP contribution in [0.1, 0.15) is 12.0 Å². The average molecular weight is 383 g/mol. The Morgan fingerprint density at radius 1 is 1.11 bits per heavy atom. The molecule has 2 aromatic rings. The number of hydrogen-bond acceptors (Lipinski definition) is 5. The Hall–Kier alpha value is -1.92. The first-order chi connectivity index (χ1) is 13.7. The van der Waals surface area contributed by atoms with Crippen LogP contribution < -0.4 is 4.74 Å². The number of nitrogens with zero attached hydrogens (tertiary/aromatic N) is 2. The fraction of sp³-hybridized carbons (Fsp3) is 0.478. The number of hydrogen-bond donors (Lipinski definition) is 1. The van der Waals surface area contributed by atoms with Gasteiger partial charge in [-0.3, -0.25) is 4.90 Å². The number of benzene rings is 2. The number of fused-ring (bicyclic) bond motifs is 1. The maximum atomic E-state index is 10.5. The summed E-state index contributed by atoms with van der Waals surface area (Å²) in [6.07, 6.45) is 2.81. The molecule has 0 bridgehead atoms. The van der Waals surface area contributed by atoms with Crippen molar-refractivity contribution in [2.45, 2.75) is 12.5 Å². The molecule has 0 saturated carbocycles. The van der Waals surface area contributed by atoms with Gasteiger partial charge < -0.3 is 19.5 Å². The normalized spacial score (nSPS) is 20.1. The molecule has 2 aliphatic rings. The van der Waals surface area contributed by atoms with Crippen molar-refractivity contribution in [3.05, 3.63) is 48.0 Å². The predicted molar refractivity (Wildman–Crippen MR) is 113 cm³/mol. The standard InChI is InChI=1S/C23H30N2O3/c1-24-10-8-19(9-11-24)23-21-5-3-2-4-18(21)6-7-22(23)28-17-20(26)16-25-12-14-27-15-13-25/h2-8,20,26H,9-17H2,1H3. The number of likely N-dealkylation sites (N-methyl/N-ethyl adjacent to an activating group) is 1. The van der Waals surface area contributed by atoms with Crippen LogP contribution in [0.2, 0.25) is 0 Å². The van der Waals surface area contributed by atoms with Gasteiger partial charge in [0, 0.05) is 38.3 Å². The minimum atomic E-state index is -0.510. The van der Waals surface area contributed by atoms with Crippen LogP contribution in [0, 0.1) is 0 Å². The van der Waals surface area contributed by atoms with E-state index in [2.05, 4.69) is 59.3 Å². The van der Waals surface area contributed by atoms with E-state index < -0.39 is 6.10 Å². The first-order valence-electron chi connectivity index (χ1n) is 10.2. The Morgan fingerprint density at radius 2 is 1.93 bits per heavy atom. The second kappa shape index (κ2) is 9.05. The fourth-order valence-electron chi connectivity index (χ4n) is 4.02. The predicted octanol–water partition coefficient (Wildman–Crippen LogP) is 2.63. The molecule has 1 saturated heterocycles. The van der Waals surface area contributed by atoms with E-state index in [0.717, 1.165) is 51.6 Å². The van der Waals surface area contributed by atoms with E-state index in [9.17, 15) is 5.11 Å². The quantitative estimate of drug-likeness (QED) is 0.832. The summed E-state index contributed by atoms with van der Waals surface area (Å²) >= 11 is 0. The second-order valence-electron chi connectivity index (χ2n) is 7.78. The molecule has 0 amide bonds. The molecule has 1 unspecified atom stereocenters. The summed E-state index contributed by atoms with van der Waals surface area (Å²) in [4.78, 5) is 4.56. The molecular formula is C23H30N2O3. The summed E-state index contributed by atoms with van der Waals surface area (Å²) in [7, 11) is 2.15. The van der Waals surface area contributed by atoms with Crippen molar-refractivity contribution >= 4 is 16.3 Å². The maximum Gasteiger partial charge on any atom is 0.127 e. The van der Waals surface area contributed by atoms with E-state index in [1.165, 1.54) is 21.9 Å². The van der Waals surface area contributed by atoms with E-state index in [1.807, 2.05) is 0 Å². The molecule has 5 heteroatoms. The molecule has 28 heavy (non-hydrogen) atoms. The molecule has 2 aromatic carbocycles. The lowest BCUT2D eigenvalue weighted by atomic mass is 9.93. The Bertz CT molecular complexity index is 830. The molecule has 4 rings (SSSR count). The highest BCUT2D eigenvalue weighted by atomic mass is 16.5. The molecule has 2 heterocycles. The van der Waals surface area contributed by atoms with Crippen LogP contribution in [-0.4, -0.2) is 80.6 Å². The van der Waals surface area contributed by atoms with Crippen molar-refractivity contribution in [3.8, 4) is 5.75 Å². The van der Waals surface area contributed by atoms with Gasteiger partial charge in [-0.25, -0.2) is 0 Å². The molecule has 5 nitrogen and oxygen atoms in total. The van der Waals surface area contributed by atoms with E-state index in [0.29, 0.717) is 13.2 Å². The van der Waals surface area contributed by atoms with Gasteiger partial charge in [0.2, 0.25) is 0 Å². The van der Waals surface area contributed by atoms with Gasteiger partial charge >= 0.3 is 0 Å². The van der Waals surface area contributed by atoms with Gasteiger partial charge in [-0.1, -0.05) is 36.4 Å². The van der Waals surface area contributed by atoms with Crippen LogP contribution in [0.5, 0.6) is 5.75 Å². The molecule has 0 aromatic heterocycles. The van der Waals surface area contributed by atoms with Crippen LogP contribution in [0.3, 0.4) is 0 Å². The Kier molecular flexibility index (Phi) is 6.27. The minimum Gasteiger partial charge on any atom is -0.490 e. The Morgan fingerprint density at radius 3 is 2.71 bits per heavy atom. The van der Waals surface area contributed by atoms with Gasteiger partial charge in [0.15, 0.2) is 0 Å². The smallest absolute Gasteiger partial charge is 0.127 e. The van der Waals surface area contributed by atoms with Crippen LogP contribution in [0.25, 0.3) is 16.3 Å². The number of morpholine rings is 1. The van der Waals surface area contributed by atoms with Crippen LogP contribution in [0.15, 0.2) is 42.5 Å². The fourth-order valence-corrected chi connectivity index (χ4v) is 4.02. The molecule has 2 aliphatic heterocycles. The largest absolute Gasteiger partial charge is 0.490 e. The highest BCUT2D eigenvalue weighted by molar-refractivity contribution is 5.96. The van der Waals surface area contributed by atoms with Gasteiger partial charge in [0.05, 0.1) is 13.2 Å². The Balaban J connectivity index is 1.53. The van der Waals surface area contributed by atoms with E-state index in [-0.39, 0.29) is 0 Å². The zero-order valence-corrected chi connectivity index (χ0v) is 16.6. The second-order valence-corrected chi connectivity index (χ2v) is 7.78. The zero-order valence-electron chi connectivity index (χ0n) is 16.6. The maximum absolute atomic E-state index is 10.5. The number of aliphatic hydroxyl groups is 1. The van der Waals surface area contributed by atoms with Crippen molar-refractivity contribution in [3.63, 3.8) is 0 Å². The van der Waals surface area contributed by atoms with Crippen LogP contribution in [-0.2, 0) is 4.74 Å². The average Bonchev–Trinajstić information content (AvgIpc) is 2.73. The molecule has 0 radical (unpaired) electrons. The summed E-state index contributed by atoms with van der Waals surface area (Å²) in [6, 6.07) is 12.6. The first-order valence-corrected chi connectivity index (χ1v) is 10.2. The number of aliphatic hydroxyl groups excluding tert-OH is 1. The van der Waals surface area contributed by atoms with Crippen LogP contribution >= 0.6 is 0 Å². The number of ether oxygens (including phenoxy) is 2. The third-order valence-electron chi connectivity index (χ3n) is 5.63. The molecule has 0 aliphatic carbocycles. The van der Waals surface area contributed by atoms with Crippen molar-refractivity contribution < 1.29 is 14.6 Å². The lowest BCUT2D eigenvalue weighted by molar-refractivity contribution is 0.00464. The number of rotatable bonds is 6. The molecule has 0 spiro atoms. The molecule has 1 atom stereocenters. The van der Waals surface area contributed by atoms with Gasteiger partial charge in [0.25, 0.3) is 0 Å². The monoisotopic (exact) mass is 382 g/mol. The lowest BCUT2D eigenvalue weighted by Crippen LogP contribution is -2.42. The number of β-amino-alcohol motifs (C(OH)–C–C–N with tert-alkyl or cyclic N) is 1. The molecule has 150 valence electrons. The third kappa shape index (κ3) is 4.55. The van der Waals surface area contributed by atoms with E-state index in [4.69, 9.17) is 9.47 Å². The summed E-state index contributed by atoms with van der Waals surface area (Å²) in [5.74, 6) is 0.871. The van der Waals surface area contributed by atoms with Crippen molar-refractivity contribution in [1.82, 2.24) is 9.80 Å². The summed E-state index contributed by atoms with van der Waals surface area (Å²) in [5.41, 5.74) is 2.53. The summed E-state index contributed by atoms with van der Waals surface area (Å²) in [5, 5.41) is 12.9. The van der Waals surface area contributed by atoms with E-state index >= 15 is 0 Å². The summed E-state index contributed by atoms with van der Waals surface area (Å²) in [6.45, 7) is 6.16. The van der Waals surface area contributed by atoms with Crippen molar-refractivity contribution in [1.29, 1.82) is 0 Å². The highest BCUT2D eigenvalue weighted by Crippen LogP contribution is 2.36. The third-order valence-corrected chi connectivity index (χ3v) is 5.63. The van der Waals surface area contributed by atoms with Crippen LogP contribution in [0.4, 0.5) is 0 Å². The molecule has 1 fully saturated rings. The van der Waals surface area contributed by atoms with E-state index in [1.54, 1.807) is 0 Å². The van der Waals surface area contributed by atoms with Gasteiger partial charge in [0.1, 0.15) is 18.5 Å². The lowest BCUT2D eigenvalue weighted by Gasteiger charge is -2.29. The first kappa shape index (κ1) is 19.4. The minimum absolute atomic E-state index is 0.301. The van der Waals surface area contributed by atoms with Gasteiger partial charge in [-0.15, -0.1) is 0 Å². The molecule has 1 N–H and O–H groups in total. The SMILES string of the molecule is CN1CC=C(c2c(OCC(O)CN3CCOCC3)ccc3ccccc23)CC1. The van der Waals surface area contributed by atoms with Gasteiger partial charge in [-0.05, 0) is 35.9 Å².